The van der Waals surface area contributed by atoms with Crippen molar-refractivity contribution in [2.24, 2.45) is 0 Å². The van der Waals surface area contributed by atoms with Crippen molar-refractivity contribution < 1.29 is 18.3 Å². The summed E-state index contributed by atoms with van der Waals surface area (Å²) in [5, 5.41) is 2.76. The molecule has 1 aliphatic rings. The van der Waals surface area contributed by atoms with Crippen LogP contribution in [0.5, 0.6) is 0 Å². The standard InChI is InChI=1S/C12H13F2NO2/c13-9-3-8(4-10(14)6-9)5-12(16)15-11-1-2-17-7-11/h3-4,6,11H,1-2,5,7H2,(H,15,16)/t11-/m0/s1. The molecule has 0 unspecified atom stereocenters. The summed E-state index contributed by atoms with van der Waals surface area (Å²) >= 11 is 0. The predicted octanol–water partition coefficient (Wildman–Crippen LogP) is 1.41. The summed E-state index contributed by atoms with van der Waals surface area (Å²) in [6.45, 7) is 1.14. The molecule has 1 fully saturated rings. The smallest absolute Gasteiger partial charge is 0.224 e. The summed E-state index contributed by atoms with van der Waals surface area (Å²) in [6, 6.07) is 3.12. The van der Waals surface area contributed by atoms with E-state index in [1.165, 1.54) is 0 Å². The Balaban J connectivity index is 1.92. The summed E-state index contributed by atoms with van der Waals surface area (Å²) in [4.78, 5) is 11.6. The fraction of sp³-hybridized carbons (Fsp3) is 0.417. The first-order chi connectivity index (χ1) is 8.13. The van der Waals surface area contributed by atoms with E-state index >= 15 is 0 Å². The molecule has 17 heavy (non-hydrogen) atoms. The van der Waals surface area contributed by atoms with Crippen LogP contribution in [-0.2, 0) is 16.0 Å². The summed E-state index contributed by atoms with van der Waals surface area (Å²) in [5.41, 5.74) is 0.332. The van der Waals surface area contributed by atoms with Crippen molar-refractivity contribution in [3.8, 4) is 0 Å². The Hall–Kier alpha value is -1.49. The first-order valence-corrected chi connectivity index (χ1v) is 5.45. The molecule has 1 aromatic rings. The number of carbonyl (C=O) groups is 1. The van der Waals surface area contributed by atoms with Gasteiger partial charge in [-0.15, -0.1) is 0 Å². The van der Waals surface area contributed by atoms with Crippen LogP contribution in [0.15, 0.2) is 18.2 Å². The quantitative estimate of drug-likeness (QED) is 0.869. The minimum Gasteiger partial charge on any atom is -0.379 e. The van der Waals surface area contributed by atoms with Crippen molar-refractivity contribution >= 4 is 5.91 Å². The maximum atomic E-state index is 12.9. The first kappa shape index (κ1) is 12.0. The molecule has 0 saturated carbocycles. The van der Waals surface area contributed by atoms with Crippen LogP contribution in [0.4, 0.5) is 8.78 Å². The van der Waals surface area contributed by atoms with E-state index in [0.29, 0.717) is 18.8 Å². The molecule has 1 aromatic carbocycles. The Morgan fingerprint density at radius 2 is 2.06 bits per heavy atom. The van der Waals surface area contributed by atoms with Crippen LogP contribution in [0, 0.1) is 11.6 Å². The highest BCUT2D eigenvalue weighted by atomic mass is 19.1. The number of nitrogens with one attached hydrogen (secondary N) is 1. The van der Waals surface area contributed by atoms with E-state index in [9.17, 15) is 13.6 Å². The molecular formula is C12H13F2NO2. The summed E-state index contributed by atoms with van der Waals surface area (Å²) < 4.78 is 30.9. The average molecular weight is 241 g/mol. The number of amides is 1. The van der Waals surface area contributed by atoms with Gasteiger partial charge in [-0.3, -0.25) is 4.79 Å². The SMILES string of the molecule is O=C(Cc1cc(F)cc(F)c1)N[C@H]1CCOC1. The number of benzene rings is 1. The highest BCUT2D eigenvalue weighted by Crippen LogP contribution is 2.09. The Bertz CT molecular complexity index is 397. The molecule has 1 amide bonds. The van der Waals surface area contributed by atoms with Crippen LogP contribution >= 0.6 is 0 Å². The zero-order valence-corrected chi connectivity index (χ0v) is 9.21. The number of halogens is 2. The Morgan fingerprint density at radius 3 is 2.65 bits per heavy atom. The monoisotopic (exact) mass is 241 g/mol. The molecule has 0 bridgehead atoms. The summed E-state index contributed by atoms with van der Waals surface area (Å²) in [5.74, 6) is -1.58. The van der Waals surface area contributed by atoms with E-state index in [4.69, 9.17) is 4.74 Å². The lowest BCUT2D eigenvalue weighted by molar-refractivity contribution is -0.121. The number of ether oxygens (including phenoxy) is 1. The van der Waals surface area contributed by atoms with Gasteiger partial charge in [-0.2, -0.15) is 0 Å². The van der Waals surface area contributed by atoms with Gasteiger partial charge in [-0.25, -0.2) is 8.78 Å². The largest absolute Gasteiger partial charge is 0.379 e. The minimum absolute atomic E-state index is 0.0147. The maximum absolute atomic E-state index is 12.9. The van der Waals surface area contributed by atoms with Crippen molar-refractivity contribution in [3.63, 3.8) is 0 Å². The van der Waals surface area contributed by atoms with Gasteiger partial charge in [0.25, 0.3) is 0 Å². The van der Waals surface area contributed by atoms with Gasteiger partial charge in [-0.05, 0) is 24.1 Å². The van der Waals surface area contributed by atoms with Gasteiger partial charge in [0.05, 0.1) is 19.1 Å². The minimum atomic E-state index is -0.669. The number of hydrogen-bond acceptors (Lipinski definition) is 2. The second-order valence-corrected chi connectivity index (χ2v) is 4.08. The molecule has 3 nitrogen and oxygen atoms in total. The van der Waals surface area contributed by atoms with E-state index in [1.807, 2.05) is 0 Å². The molecule has 2 rings (SSSR count). The topological polar surface area (TPSA) is 38.3 Å². The lowest BCUT2D eigenvalue weighted by atomic mass is 10.1. The molecule has 1 saturated heterocycles. The Labute approximate surface area is 97.8 Å². The summed E-state index contributed by atoms with van der Waals surface area (Å²) in [6.07, 6.45) is 0.758. The van der Waals surface area contributed by atoms with Crippen LogP contribution in [0.3, 0.4) is 0 Å². The maximum Gasteiger partial charge on any atom is 0.224 e. The Morgan fingerprint density at radius 1 is 1.35 bits per heavy atom. The van der Waals surface area contributed by atoms with E-state index in [-0.39, 0.29) is 18.4 Å². The second-order valence-electron chi connectivity index (χ2n) is 4.08. The molecule has 0 spiro atoms. The zero-order valence-electron chi connectivity index (χ0n) is 9.21. The predicted molar refractivity (Wildman–Crippen MR) is 57.4 cm³/mol. The normalized spacial score (nSPS) is 19.3. The molecule has 5 heteroatoms. The van der Waals surface area contributed by atoms with E-state index in [2.05, 4.69) is 5.32 Å². The van der Waals surface area contributed by atoms with Gasteiger partial charge in [0.15, 0.2) is 0 Å². The van der Waals surface area contributed by atoms with E-state index < -0.39 is 11.6 Å². The van der Waals surface area contributed by atoms with E-state index in [1.54, 1.807) is 0 Å². The van der Waals surface area contributed by atoms with Crippen LogP contribution in [0.25, 0.3) is 0 Å². The van der Waals surface area contributed by atoms with Crippen molar-refractivity contribution in [2.45, 2.75) is 18.9 Å². The van der Waals surface area contributed by atoms with E-state index in [0.717, 1.165) is 24.6 Å². The Kier molecular flexibility index (Phi) is 3.68. The highest BCUT2D eigenvalue weighted by molar-refractivity contribution is 5.78. The molecule has 1 aliphatic heterocycles. The zero-order chi connectivity index (χ0) is 12.3. The second kappa shape index (κ2) is 5.23. The van der Waals surface area contributed by atoms with Gasteiger partial charge in [0.1, 0.15) is 11.6 Å². The average Bonchev–Trinajstić information content (AvgIpc) is 2.67. The number of hydrogen-bond donors (Lipinski definition) is 1. The fourth-order valence-corrected chi connectivity index (χ4v) is 1.83. The fourth-order valence-electron chi connectivity index (χ4n) is 1.83. The van der Waals surface area contributed by atoms with Crippen molar-refractivity contribution in [3.05, 3.63) is 35.4 Å². The molecule has 1 heterocycles. The van der Waals surface area contributed by atoms with Crippen LogP contribution in [0.2, 0.25) is 0 Å². The van der Waals surface area contributed by atoms with Crippen molar-refractivity contribution in [1.82, 2.24) is 5.32 Å². The van der Waals surface area contributed by atoms with Gasteiger partial charge in [-0.1, -0.05) is 0 Å². The van der Waals surface area contributed by atoms with Gasteiger partial charge in [0.2, 0.25) is 5.91 Å². The number of carbonyl (C=O) groups excluding carboxylic acids is 1. The van der Waals surface area contributed by atoms with Gasteiger partial charge in [0, 0.05) is 12.7 Å². The molecular weight excluding hydrogens is 228 g/mol. The molecule has 0 aromatic heterocycles. The highest BCUT2D eigenvalue weighted by Gasteiger charge is 2.17. The summed E-state index contributed by atoms with van der Waals surface area (Å²) in [7, 11) is 0. The van der Waals surface area contributed by atoms with Crippen LogP contribution in [0.1, 0.15) is 12.0 Å². The molecule has 0 aliphatic carbocycles. The lowest BCUT2D eigenvalue weighted by Crippen LogP contribution is -2.36. The lowest BCUT2D eigenvalue weighted by Gasteiger charge is -2.10. The molecule has 1 atom stereocenters. The molecule has 92 valence electrons. The third kappa shape index (κ3) is 3.49. The molecule has 0 radical (unpaired) electrons. The first-order valence-electron chi connectivity index (χ1n) is 5.45. The van der Waals surface area contributed by atoms with Crippen molar-refractivity contribution in [2.75, 3.05) is 13.2 Å². The van der Waals surface area contributed by atoms with Gasteiger partial charge >= 0.3 is 0 Å². The van der Waals surface area contributed by atoms with Gasteiger partial charge < -0.3 is 10.1 Å². The third-order valence-corrected chi connectivity index (χ3v) is 2.58. The van der Waals surface area contributed by atoms with Crippen molar-refractivity contribution in [1.29, 1.82) is 0 Å². The third-order valence-electron chi connectivity index (χ3n) is 2.58. The number of rotatable bonds is 3. The van der Waals surface area contributed by atoms with Crippen LogP contribution in [-0.4, -0.2) is 25.2 Å². The van der Waals surface area contributed by atoms with Crippen LogP contribution < -0.4 is 5.32 Å². The molecule has 1 N–H and O–H groups in total.